The predicted octanol–water partition coefficient (Wildman–Crippen LogP) is 1.19. The molecule has 0 fully saturated rings. The van der Waals surface area contributed by atoms with E-state index >= 15 is 0 Å². The molecule has 1 unspecified atom stereocenters. The standard InChI is InChI=1S/C13H18OP.Li/c1-5-11(4)15-13(14)12-9(2)7-6-8-10(12)3;/h6-8,11H,5H2,1-4H3;/q-1;+1. The van der Waals surface area contributed by atoms with Crippen LogP contribution >= 0.6 is 8.58 Å². The zero-order valence-corrected chi connectivity index (χ0v) is 11.8. The molecule has 0 saturated carbocycles. The molecule has 1 rings (SSSR count). The van der Waals surface area contributed by atoms with Crippen molar-refractivity contribution in [1.82, 2.24) is 0 Å². The minimum atomic E-state index is 0. The first kappa shape index (κ1) is 15.9. The average molecular weight is 228 g/mol. The van der Waals surface area contributed by atoms with Crippen LogP contribution < -0.4 is 18.9 Å². The molecule has 0 aromatic heterocycles. The third kappa shape index (κ3) is 4.06. The molecule has 0 bridgehead atoms. The molecule has 1 aromatic carbocycles. The smallest absolute Gasteiger partial charge is 0.457 e. The maximum absolute atomic E-state index is 12.0. The van der Waals surface area contributed by atoms with Gasteiger partial charge < -0.3 is 13.4 Å². The van der Waals surface area contributed by atoms with E-state index in [9.17, 15) is 4.79 Å². The molecule has 16 heavy (non-hydrogen) atoms. The number of hydrogen-bond donors (Lipinski definition) is 0. The molecule has 0 aliphatic rings. The van der Waals surface area contributed by atoms with Gasteiger partial charge in [-0.25, -0.2) is 0 Å². The molecule has 0 aliphatic carbocycles. The number of carbonyl (C=O) groups is 1. The maximum Gasteiger partial charge on any atom is 1.00 e. The van der Waals surface area contributed by atoms with Crippen LogP contribution in [0.1, 0.15) is 41.8 Å². The molecule has 0 spiro atoms. The van der Waals surface area contributed by atoms with Crippen LogP contribution in [0.5, 0.6) is 0 Å². The molecule has 1 aromatic rings. The Morgan fingerprint density at radius 1 is 1.31 bits per heavy atom. The van der Waals surface area contributed by atoms with E-state index in [1.54, 1.807) is 0 Å². The molecular formula is C13H18LiOP. The first-order valence-corrected chi connectivity index (χ1v) is 6.34. The predicted molar refractivity (Wildman–Crippen MR) is 66.9 cm³/mol. The number of carbonyl (C=O) groups excluding carboxylic acids is 1. The van der Waals surface area contributed by atoms with Crippen LogP contribution in [0.15, 0.2) is 18.2 Å². The normalized spacial score (nSPS) is 12.5. The summed E-state index contributed by atoms with van der Waals surface area (Å²) in [6.07, 6.45) is 1.05. The van der Waals surface area contributed by atoms with E-state index in [-0.39, 0.29) is 24.4 Å². The van der Waals surface area contributed by atoms with Crippen LogP contribution in [0.3, 0.4) is 0 Å². The van der Waals surface area contributed by atoms with Gasteiger partial charge in [-0.15, -0.1) is 0 Å². The fourth-order valence-corrected chi connectivity index (χ4v) is 2.57. The minimum absolute atomic E-state index is 0. The number of hydrogen-bond acceptors (Lipinski definition) is 1. The molecule has 0 N–H and O–H groups in total. The zero-order valence-electron chi connectivity index (χ0n) is 10.9. The Bertz CT molecular complexity index is 343. The van der Waals surface area contributed by atoms with Gasteiger partial charge in [0.1, 0.15) is 0 Å². The minimum Gasteiger partial charge on any atom is -0.457 e. The third-order valence-corrected chi connectivity index (χ3v) is 3.89. The van der Waals surface area contributed by atoms with E-state index in [0.29, 0.717) is 5.66 Å². The first-order valence-electron chi connectivity index (χ1n) is 5.37. The van der Waals surface area contributed by atoms with Crippen molar-refractivity contribution >= 4 is 14.1 Å². The van der Waals surface area contributed by atoms with Crippen LogP contribution in [0.25, 0.3) is 0 Å². The maximum atomic E-state index is 12.0. The topological polar surface area (TPSA) is 17.1 Å². The summed E-state index contributed by atoms with van der Waals surface area (Å²) in [6, 6.07) is 6.01. The van der Waals surface area contributed by atoms with Gasteiger partial charge in [-0.05, 0) is 30.5 Å². The van der Waals surface area contributed by atoms with Gasteiger partial charge in [-0.1, -0.05) is 38.5 Å². The van der Waals surface area contributed by atoms with Gasteiger partial charge in [0, 0.05) is 5.52 Å². The summed E-state index contributed by atoms with van der Waals surface area (Å²) in [5, 5.41) is 0. The van der Waals surface area contributed by atoms with Crippen molar-refractivity contribution in [3.05, 3.63) is 34.9 Å². The van der Waals surface area contributed by atoms with Gasteiger partial charge in [0.05, 0.1) is 0 Å². The van der Waals surface area contributed by atoms with E-state index < -0.39 is 0 Å². The molecule has 0 amide bonds. The van der Waals surface area contributed by atoms with Crippen molar-refractivity contribution in [3.63, 3.8) is 0 Å². The average Bonchev–Trinajstić information content (AvgIpc) is 2.17. The van der Waals surface area contributed by atoms with Crippen molar-refractivity contribution in [2.45, 2.75) is 39.8 Å². The van der Waals surface area contributed by atoms with E-state index in [2.05, 4.69) is 13.8 Å². The number of aryl methyl sites for hydroxylation is 2. The number of rotatable bonds is 4. The van der Waals surface area contributed by atoms with Gasteiger partial charge in [-0.3, -0.25) is 0 Å². The fraction of sp³-hybridized carbons (Fsp3) is 0.462. The summed E-state index contributed by atoms with van der Waals surface area (Å²) in [5.74, 6) is 0. The molecule has 0 saturated heterocycles. The van der Waals surface area contributed by atoms with Crippen LogP contribution in [0, 0.1) is 13.8 Å². The molecular weight excluding hydrogens is 210 g/mol. The molecule has 1 atom stereocenters. The summed E-state index contributed by atoms with van der Waals surface area (Å²) in [5.41, 5.74) is 3.82. The van der Waals surface area contributed by atoms with Crippen LogP contribution in [-0.4, -0.2) is 11.2 Å². The van der Waals surface area contributed by atoms with Gasteiger partial charge >= 0.3 is 18.9 Å². The van der Waals surface area contributed by atoms with Crippen LogP contribution in [0.4, 0.5) is 0 Å². The largest absolute Gasteiger partial charge is 1.00 e. The Labute approximate surface area is 112 Å². The third-order valence-electron chi connectivity index (χ3n) is 2.62. The summed E-state index contributed by atoms with van der Waals surface area (Å²) in [4.78, 5) is 12.0. The summed E-state index contributed by atoms with van der Waals surface area (Å²) < 4.78 is 0. The molecule has 1 nitrogen and oxygen atoms in total. The van der Waals surface area contributed by atoms with E-state index in [1.807, 2.05) is 32.0 Å². The summed E-state index contributed by atoms with van der Waals surface area (Å²) >= 11 is 0. The van der Waals surface area contributed by atoms with Crippen LogP contribution in [0.2, 0.25) is 0 Å². The second-order valence-electron chi connectivity index (χ2n) is 3.96. The second kappa shape index (κ2) is 7.28. The summed E-state index contributed by atoms with van der Waals surface area (Å²) in [7, 11) is 0.927. The van der Waals surface area contributed by atoms with Gasteiger partial charge in [0.2, 0.25) is 0 Å². The quantitative estimate of drug-likeness (QED) is 0.559. The molecule has 0 heterocycles. The molecule has 82 valence electrons. The van der Waals surface area contributed by atoms with Gasteiger partial charge in [0.15, 0.2) is 0 Å². The van der Waals surface area contributed by atoms with Crippen LogP contribution in [-0.2, 0) is 0 Å². The Morgan fingerprint density at radius 2 is 1.81 bits per heavy atom. The zero-order chi connectivity index (χ0) is 11.4. The number of benzene rings is 1. The second-order valence-corrected chi connectivity index (χ2v) is 5.50. The Kier molecular flexibility index (Phi) is 7.25. The molecule has 3 heteroatoms. The van der Waals surface area contributed by atoms with Crippen molar-refractivity contribution in [2.75, 3.05) is 0 Å². The molecule has 0 aliphatic heterocycles. The van der Waals surface area contributed by atoms with E-state index in [0.717, 1.165) is 31.7 Å². The first-order chi connectivity index (χ1) is 7.06. The summed E-state index contributed by atoms with van der Waals surface area (Å²) in [6.45, 7) is 8.25. The Hall–Kier alpha value is -0.0826. The van der Waals surface area contributed by atoms with Crippen molar-refractivity contribution in [3.8, 4) is 0 Å². The Balaban J connectivity index is 0.00000225. The Morgan fingerprint density at radius 3 is 2.25 bits per heavy atom. The van der Waals surface area contributed by atoms with Crippen molar-refractivity contribution in [1.29, 1.82) is 0 Å². The molecule has 0 radical (unpaired) electrons. The van der Waals surface area contributed by atoms with Crippen molar-refractivity contribution in [2.24, 2.45) is 0 Å². The van der Waals surface area contributed by atoms with Gasteiger partial charge in [0.25, 0.3) is 0 Å². The fourth-order valence-electron chi connectivity index (χ4n) is 1.51. The van der Waals surface area contributed by atoms with E-state index in [1.165, 1.54) is 0 Å². The van der Waals surface area contributed by atoms with Gasteiger partial charge in [-0.2, -0.15) is 5.66 Å². The monoisotopic (exact) mass is 228 g/mol. The van der Waals surface area contributed by atoms with Crippen molar-refractivity contribution < 1.29 is 23.7 Å². The van der Waals surface area contributed by atoms with E-state index in [4.69, 9.17) is 0 Å². The SMILES string of the molecule is CCC(C)[P-]C(=O)c1c(C)cccc1C.[Li+].